The van der Waals surface area contributed by atoms with Gasteiger partial charge in [0.05, 0.1) is 11.0 Å². The van der Waals surface area contributed by atoms with Crippen molar-refractivity contribution in [3.63, 3.8) is 0 Å². The molecule has 1 atom stereocenters. The van der Waals surface area contributed by atoms with Gasteiger partial charge >= 0.3 is 0 Å². The van der Waals surface area contributed by atoms with Crippen LogP contribution in [0, 0.1) is 6.92 Å². The van der Waals surface area contributed by atoms with E-state index >= 15 is 0 Å². The van der Waals surface area contributed by atoms with Gasteiger partial charge in [0, 0.05) is 30.8 Å². The summed E-state index contributed by atoms with van der Waals surface area (Å²) in [7, 11) is 0. The van der Waals surface area contributed by atoms with E-state index in [9.17, 15) is 9.90 Å². The first kappa shape index (κ1) is 19.0. The van der Waals surface area contributed by atoms with Gasteiger partial charge in [-0.25, -0.2) is 0 Å². The molecular weight excluding hydrogens is 352 g/mol. The summed E-state index contributed by atoms with van der Waals surface area (Å²) in [5.41, 5.74) is 0. The third-order valence-electron chi connectivity index (χ3n) is 4.44. The van der Waals surface area contributed by atoms with Gasteiger partial charge in [-0.3, -0.25) is 4.79 Å². The zero-order valence-corrected chi connectivity index (χ0v) is 15.9. The number of hydrogen-bond donors (Lipinski definition) is 2. The zero-order valence-electron chi connectivity index (χ0n) is 15.1. The predicted molar refractivity (Wildman–Crippen MR) is 100.0 cm³/mol. The van der Waals surface area contributed by atoms with Gasteiger partial charge in [0.1, 0.15) is 0 Å². The molecule has 1 amide bonds. The third-order valence-corrected chi connectivity index (χ3v) is 5.43. The fourth-order valence-corrected chi connectivity index (χ4v) is 3.87. The number of β-amino-alcohol motifs (C(OH)–C–C–N with tert-alkyl or cyclic N) is 1. The maximum Gasteiger partial charge on any atom is 0.257 e. The second-order valence-electron chi connectivity index (χ2n) is 6.71. The van der Waals surface area contributed by atoms with Crippen molar-refractivity contribution in [3.05, 3.63) is 22.9 Å². The minimum atomic E-state index is -0.198. The minimum absolute atomic E-state index is 0.00426. The van der Waals surface area contributed by atoms with E-state index in [1.165, 1.54) is 4.88 Å². The van der Waals surface area contributed by atoms with Gasteiger partial charge in [0.15, 0.2) is 0 Å². The van der Waals surface area contributed by atoms with Crippen LogP contribution in [0.2, 0.25) is 0 Å². The molecule has 1 fully saturated rings. The summed E-state index contributed by atoms with van der Waals surface area (Å²) in [6, 6.07) is 3.98. The van der Waals surface area contributed by atoms with Crippen LogP contribution < -0.4 is 5.32 Å². The number of amides is 1. The number of likely N-dealkylation sites (tertiary alicyclic amines) is 1. The number of nitrogens with one attached hydrogen (secondary N) is 1. The standard InChI is InChI=1S/C18H26N4O3S/c1-13-5-6-15(26-13)18-21-20-17(25-18)8-7-16(24)19-9-3-11-22-10-2-4-14(23)12-22/h5-6,14,23H,2-4,7-12H2,1H3,(H,19,24)/t14-/m1/s1. The van der Waals surface area contributed by atoms with Gasteiger partial charge in [0.2, 0.25) is 11.8 Å². The summed E-state index contributed by atoms with van der Waals surface area (Å²) in [5, 5.41) is 20.6. The number of aromatic nitrogens is 2. The van der Waals surface area contributed by atoms with Gasteiger partial charge in [-0.2, -0.15) is 0 Å². The van der Waals surface area contributed by atoms with Crippen molar-refractivity contribution in [2.24, 2.45) is 0 Å². The van der Waals surface area contributed by atoms with Gasteiger partial charge in [-0.05, 0) is 51.4 Å². The van der Waals surface area contributed by atoms with E-state index in [4.69, 9.17) is 4.42 Å². The molecule has 0 radical (unpaired) electrons. The quantitative estimate of drug-likeness (QED) is 0.683. The van der Waals surface area contributed by atoms with Crippen LogP contribution in [0.4, 0.5) is 0 Å². The Bertz CT molecular complexity index is 715. The molecule has 142 valence electrons. The Hall–Kier alpha value is -1.77. The van der Waals surface area contributed by atoms with Gasteiger partial charge in [-0.1, -0.05) is 0 Å². The number of carbonyl (C=O) groups excluding carboxylic acids is 1. The van der Waals surface area contributed by atoms with Crippen LogP contribution in [-0.4, -0.2) is 58.4 Å². The minimum Gasteiger partial charge on any atom is -0.420 e. The topological polar surface area (TPSA) is 91.5 Å². The highest BCUT2D eigenvalue weighted by atomic mass is 32.1. The SMILES string of the molecule is Cc1ccc(-c2nnc(CCC(=O)NCCCN3CCC[C@@H](O)C3)o2)s1. The van der Waals surface area contributed by atoms with E-state index in [1.54, 1.807) is 11.3 Å². The Morgan fingerprint density at radius 2 is 2.35 bits per heavy atom. The number of nitrogens with zero attached hydrogens (tertiary/aromatic N) is 3. The molecule has 26 heavy (non-hydrogen) atoms. The van der Waals surface area contributed by atoms with E-state index < -0.39 is 0 Å². The van der Waals surface area contributed by atoms with E-state index in [1.807, 2.05) is 19.1 Å². The van der Waals surface area contributed by atoms with E-state index in [-0.39, 0.29) is 12.0 Å². The predicted octanol–water partition coefficient (Wildman–Crippen LogP) is 2.00. The molecule has 0 unspecified atom stereocenters. The van der Waals surface area contributed by atoms with Crippen LogP contribution in [0.1, 0.15) is 36.5 Å². The normalized spacial score (nSPS) is 18.2. The highest BCUT2D eigenvalue weighted by Gasteiger charge is 2.17. The molecule has 1 aliphatic heterocycles. The average Bonchev–Trinajstić information content (AvgIpc) is 3.26. The fourth-order valence-electron chi connectivity index (χ4n) is 3.08. The molecule has 0 aromatic carbocycles. The maximum atomic E-state index is 11.9. The Morgan fingerprint density at radius 3 is 3.12 bits per heavy atom. The first-order valence-corrected chi connectivity index (χ1v) is 9.98. The van der Waals surface area contributed by atoms with Crippen molar-refractivity contribution in [1.29, 1.82) is 0 Å². The van der Waals surface area contributed by atoms with Crippen molar-refractivity contribution in [2.45, 2.75) is 45.1 Å². The fraction of sp³-hybridized carbons (Fsp3) is 0.611. The lowest BCUT2D eigenvalue weighted by atomic mass is 10.1. The second-order valence-corrected chi connectivity index (χ2v) is 8.00. The lowest BCUT2D eigenvalue weighted by Crippen LogP contribution is -2.39. The molecule has 2 N–H and O–H groups in total. The number of aryl methyl sites for hydroxylation is 2. The van der Waals surface area contributed by atoms with Crippen molar-refractivity contribution in [3.8, 4) is 10.8 Å². The zero-order chi connectivity index (χ0) is 18.4. The first-order chi connectivity index (χ1) is 12.6. The van der Waals surface area contributed by atoms with Gasteiger partial charge in [0.25, 0.3) is 5.89 Å². The molecule has 7 nitrogen and oxygen atoms in total. The van der Waals surface area contributed by atoms with E-state index in [2.05, 4.69) is 20.4 Å². The molecule has 3 heterocycles. The van der Waals surface area contributed by atoms with Crippen molar-refractivity contribution < 1.29 is 14.3 Å². The summed E-state index contributed by atoms with van der Waals surface area (Å²) < 4.78 is 5.63. The van der Waals surface area contributed by atoms with Gasteiger partial charge in [-0.15, -0.1) is 21.5 Å². The smallest absolute Gasteiger partial charge is 0.257 e. The monoisotopic (exact) mass is 378 g/mol. The first-order valence-electron chi connectivity index (χ1n) is 9.16. The molecule has 1 aliphatic rings. The van der Waals surface area contributed by atoms with Crippen LogP contribution in [0.3, 0.4) is 0 Å². The molecule has 2 aromatic rings. The number of thiophene rings is 1. The number of piperidine rings is 1. The lowest BCUT2D eigenvalue weighted by Gasteiger charge is -2.29. The number of aliphatic hydroxyl groups is 1. The Balaban J connectivity index is 1.32. The van der Waals surface area contributed by atoms with Crippen LogP contribution in [0.25, 0.3) is 10.8 Å². The van der Waals surface area contributed by atoms with Crippen molar-refractivity contribution in [1.82, 2.24) is 20.4 Å². The molecule has 0 spiro atoms. The summed E-state index contributed by atoms with van der Waals surface area (Å²) >= 11 is 1.61. The van der Waals surface area contributed by atoms with Crippen LogP contribution >= 0.6 is 11.3 Å². The van der Waals surface area contributed by atoms with Gasteiger partial charge < -0.3 is 19.7 Å². The molecular formula is C18H26N4O3S. The van der Waals surface area contributed by atoms with Crippen LogP contribution in [0.5, 0.6) is 0 Å². The highest BCUT2D eigenvalue weighted by molar-refractivity contribution is 7.15. The molecule has 0 bridgehead atoms. The number of carbonyl (C=O) groups is 1. The summed E-state index contributed by atoms with van der Waals surface area (Å²) in [4.78, 5) is 16.3. The summed E-state index contributed by atoms with van der Waals surface area (Å²) in [6.07, 6.45) is 3.42. The summed E-state index contributed by atoms with van der Waals surface area (Å²) in [6.45, 7) is 5.37. The average molecular weight is 378 g/mol. The van der Waals surface area contributed by atoms with E-state index in [0.717, 1.165) is 43.8 Å². The highest BCUT2D eigenvalue weighted by Crippen LogP contribution is 2.26. The Morgan fingerprint density at radius 1 is 1.46 bits per heavy atom. The second kappa shape index (κ2) is 9.25. The molecule has 3 rings (SSSR count). The molecule has 0 aliphatic carbocycles. The Labute approximate surface area is 157 Å². The number of hydrogen-bond acceptors (Lipinski definition) is 7. The Kier molecular flexibility index (Phi) is 6.76. The number of aliphatic hydroxyl groups excluding tert-OH is 1. The summed E-state index contributed by atoms with van der Waals surface area (Å²) in [5.74, 6) is 1.00. The molecule has 2 aromatic heterocycles. The third kappa shape index (κ3) is 5.62. The van der Waals surface area contributed by atoms with Crippen molar-refractivity contribution >= 4 is 17.2 Å². The molecule has 0 saturated carbocycles. The van der Waals surface area contributed by atoms with Crippen LogP contribution in [-0.2, 0) is 11.2 Å². The van der Waals surface area contributed by atoms with E-state index in [0.29, 0.717) is 31.2 Å². The molecule has 8 heteroatoms. The largest absolute Gasteiger partial charge is 0.420 e. The van der Waals surface area contributed by atoms with Crippen LogP contribution in [0.15, 0.2) is 16.5 Å². The lowest BCUT2D eigenvalue weighted by molar-refractivity contribution is -0.121. The van der Waals surface area contributed by atoms with Crippen molar-refractivity contribution in [2.75, 3.05) is 26.2 Å². The maximum absolute atomic E-state index is 11.9. The molecule has 1 saturated heterocycles. The number of rotatable bonds is 8.